The quantitative estimate of drug-likeness (QED) is 0.154. The zero-order valence-corrected chi connectivity index (χ0v) is 46.6. The minimum atomic E-state index is -0.212. The summed E-state index contributed by atoms with van der Waals surface area (Å²) in [6.07, 6.45) is 4.62. The maximum Gasteiger partial charge on any atom is 0.333 e. The molecule has 0 bridgehead atoms. The molecule has 15 rings (SSSR count). The van der Waals surface area contributed by atoms with Crippen LogP contribution in [0.15, 0.2) is 124 Å². The van der Waals surface area contributed by atoms with E-state index in [0.717, 1.165) is 70.3 Å². The molecule has 8 aromatic carbocycles. The Balaban J connectivity index is 1.13. The molecule has 0 saturated carbocycles. The highest BCUT2D eigenvalue weighted by atomic mass is 16.3. The smallest absolute Gasteiger partial charge is 0.333 e. The van der Waals surface area contributed by atoms with Crippen molar-refractivity contribution in [1.82, 2.24) is 4.57 Å². The Morgan fingerprint density at radius 2 is 1.00 bits per heavy atom. The van der Waals surface area contributed by atoms with Gasteiger partial charge in [-0.05, 0) is 186 Å². The molecule has 0 fully saturated rings. The van der Waals surface area contributed by atoms with Crippen molar-refractivity contribution < 1.29 is 8.83 Å². The number of furan rings is 2. The molecule has 75 heavy (non-hydrogen) atoms. The van der Waals surface area contributed by atoms with Gasteiger partial charge in [-0.2, -0.15) is 0 Å². The highest BCUT2D eigenvalue weighted by Gasteiger charge is 2.48. The summed E-state index contributed by atoms with van der Waals surface area (Å²) >= 11 is 0. The normalized spacial score (nSPS) is 18.2. The SMILES string of the molecule is CC(C)(C)c1ccc2c(c1)c1cc(C(C)(C)C)cc3c1n2-c1cc2ccccc2c2c1B3N(c1cccc3c1oc1cc4c(cc13)C(C)(C)CCC4(C)C)c1ccc3c(oc4cc5c(cc43)C(C)(C)CCC5(C)C)c1-2. The molecule has 0 amide bonds. The summed E-state index contributed by atoms with van der Waals surface area (Å²) in [5.41, 5.74) is 23.3. The summed E-state index contributed by atoms with van der Waals surface area (Å²) in [7, 11) is 0. The summed E-state index contributed by atoms with van der Waals surface area (Å²) in [6, 6.07) is 45.5. The lowest BCUT2D eigenvalue weighted by molar-refractivity contribution is 0.332. The highest BCUT2D eigenvalue weighted by Crippen LogP contribution is 2.55. The van der Waals surface area contributed by atoms with Crippen LogP contribution in [-0.2, 0) is 32.5 Å². The number of benzene rings is 8. The van der Waals surface area contributed by atoms with Crippen molar-refractivity contribution in [3.05, 3.63) is 149 Å². The van der Waals surface area contributed by atoms with Crippen LogP contribution in [0.25, 0.3) is 93.3 Å². The Morgan fingerprint density at radius 3 is 1.63 bits per heavy atom. The minimum Gasteiger partial charge on any atom is -0.455 e. The molecular formula is C70H69BN2O2. The van der Waals surface area contributed by atoms with Crippen LogP contribution in [0.5, 0.6) is 0 Å². The van der Waals surface area contributed by atoms with Crippen molar-refractivity contribution in [2.75, 3.05) is 4.81 Å². The number of rotatable bonds is 1. The maximum absolute atomic E-state index is 7.56. The first kappa shape index (κ1) is 45.7. The van der Waals surface area contributed by atoms with E-state index in [1.165, 1.54) is 104 Å². The fourth-order valence-electron chi connectivity index (χ4n) is 14.8. The third kappa shape index (κ3) is 6.02. The lowest BCUT2D eigenvalue weighted by Crippen LogP contribution is -2.61. The molecule has 11 aromatic rings. The van der Waals surface area contributed by atoms with Crippen LogP contribution in [0.1, 0.15) is 156 Å². The summed E-state index contributed by atoms with van der Waals surface area (Å²) in [4.78, 5) is 2.68. The van der Waals surface area contributed by atoms with Gasteiger partial charge in [0.2, 0.25) is 0 Å². The molecule has 4 nitrogen and oxygen atoms in total. The molecule has 2 aliphatic heterocycles. The van der Waals surface area contributed by atoms with Crippen molar-refractivity contribution in [3.63, 3.8) is 0 Å². The molecule has 5 heteroatoms. The van der Waals surface area contributed by atoms with Crippen LogP contribution in [0.2, 0.25) is 0 Å². The number of hydrogen-bond acceptors (Lipinski definition) is 3. The Labute approximate surface area is 442 Å². The summed E-state index contributed by atoms with van der Waals surface area (Å²) in [6.45, 7) is 33.3. The Bertz CT molecular complexity index is 4400. The van der Waals surface area contributed by atoms with Gasteiger partial charge < -0.3 is 18.2 Å². The first-order chi connectivity index (χ1) is 35.4. The second-order valence-corrected chi connectivity index (χ2v) is 28.2. The first-order valence-electron chi connectivity index (χ1n) is 27.9. The van der Waals surface area contributed by atoms with Crippen molar-refractivity contribution in [3.8, 4) is 16.8 Å². The van der Waals surface area contributed by atoms with Gasteiger partial charge in [-0.25, -0.2) is 0 Å². The molecule has 0 atom stereocenters. The number of fused-ring (bicyclic) bond motifs is 18. The van der Waals surface area contributed by atoms with Crippen LogP contribution in [0.3, 0.4) is 0 Å². The van der Waals surface area contributed by atoms with Gasteiger partial charge in [0.25, 0.3) is 0 Å². The lowest BCUT2D eigenvalue weighted by atomic mass is 9.43. The molecule has 0 N–H and O–H groups in total. The maximum atomic E-state index is 7.56. The van der Waals surface area contributed by atoms with Crippen molar-refractivity contribution >= 4 is 106 Å². The first-order valence-corrected chi connectivity index (χ1v) is 27.9. The molecule has 374 valence electrons. The monoisotopic (exact) mass is 981 g/mol. The zero-order valence-electron chi connectivity index (χ0n) is 46.6. The lowest BCUT2D eigenvalue weighted by Gasteiger charge is -2.42. The van der Waals surface area contributed by atoms with Crippen LogP contribution in [-0.4, -0.2) is 11.4 Å². The Morgan fingerprint density at radius 1 is 0.440 bits per heavy atom. The van der Waals surface area contributed by atoms with Crippen molar-refractivity contribution in [2.45, 2.75) is 155 Å². The molecule has 5 heterocycles. The van der Waals surface area contributed by atoms with E-state index in [0.29, 0.717) is 0 Å². The van der Waals surface area contributed by atoms with E-state index < -0.39 is 0 Å². The average molecular weight is 981 g/mol. The van der Waals surface area contributed by atoms with Gasteiger partial charge in [-0.15, -0.1) is 0 Å². The predicted molar refractivity (Wildman–Crippen MR) is 320 cm³/mol. The number of nitrogens with zero attached hydrogens (tertiary/aromatic N) is 2. The van der Waals surface area contributed by atoms with Crippen LogP contribution in [0.4, 0.5) is 11.4 Å². The van der Waals surface area contributed by atoms with E-state index in [9.17, 15) is 0 Å². The minimum absolute atomic E-state index is 0.0167. The zero-order chi connectivity index (χ0) is 52.0. The van der Waals surface area contributed by atoms with Gasteiger partial charge in [0.15, 0.2) is 5.58 Å². The third-order valence-corrected chi connectivity index (χ3v) is 19.6. The summed E-state index contributed by atoms with van der Waals surface area (Å²) in [5.74, 6) is 0. The fraction of sp³-hybridized carbons (Fsp3) is 0.343. The number of hydrogen-bond donors (Lipinski definition) is 0. The number of anilines is 2. The summed E-state index contributed by atoms with van der Waals surface area (Å²) < 4.78 is 17.6. The third-order valence-electron chi connectivity index (χ3n) is 19.6. The highest BCUT2D eigenvalue weighted by molar-refractivity contribution is 6.94. The number of aromatic nitrogens is 1. The second-order valence-electron chi connectivity index (χ2n) is 28.2. The fourth-order valence-corrected chi connectivity index (χ4v) is 14.8. The molecule has 0 unspecified atom stereocenters. The van der Waals surface area contributed by atoms with Crippen LogP contribution >= 0.6 is 0 Å². The van der Waals surface area contributed by atoms with Crippen LogP contribution < -0.4 is 15.7 Å². The molecule has 0 spiro atoms. The predicted octanol–water partition coefficient (Wildman–Crippen LogP) is 18.3. The Hall–Kier alpha value is -6.72. The molecule has 3 aromatic heterocycles. The van der Waals surface area contributed by atoms with Gasteiger partial charge >= 0.3 is 6.85 Å². The van der Waals surface area contributed by atoms with Gasteiger partial charge in [0.05, 0.1) is 16.7 Å². The topological polar surface area (TPSA) is 34.5 Å². The molecular weight excluding hydrogens is 912 g/mol. The summed E-state index contributed by atoms with van der Waals surface area (Å²) in [5, 5.41) is 9.79. The van der Waals surface area contributed by atoms with Crippen molar-refractivity contribution in [2.24, 2.45) is 0 Å². The van der Waals surface area contributed by atoms with Gasteiger partial charge in [0.1, 0.15) is 16.7 Å². The van der Waals surface area contributed by atoms with E-state index in [1.807, 2.05) is 0 Å². The van der Waals surface area contributed by atoms with E-state index in [-0.39, 0.29) is 39.3 Å². The van der Waals surface area contributed by atoms with Gasteiger partial charge in [-0.3, -0.25) is 0 Å². The van der Waals surface area contributed by atoms with E-state index >= 15 is 0 Å². The van der Waals surface area contributed by atoms with Gasteiger partial charge in [-0.1, -0.05) is 145 Å². The van der Waals surface area contributed by atoms with Gasteiger partial charge in [0, 0.05) is 49.3 Å². The molecule has 2 aliphatic carbocycles. The van der Waals surface area contributed by atoms with E-state index in [1.54, 1.807) is 0 Å². The molecule has 0 radical (unpaired) electrons. The largest absolute Gasteiger partial charge is 0.455 e. The van der Waals surface area contributed by atoms with Crippen LogP contribution in [0, 0.1) is 0 Å². The van der Waals surface area contributed by atoms with Crippen molar-refractivity contribution in [1.29, 1.82) is 0 Å². The average Bonchev–Trinajstić information content (AvgIpc) is 4.04. The second kappa shape index (κ2) is 14.2. The van der Waals surface area contributed by atoms with E-state index in [4.69, 9.17) is 8.83 Å². The van der Waals surface area contributed by atoms with E-state index in [2.05, 4.69) is 222 Å². The Kier molecular flexibility index (Phi) is 8.64. The molecule has 0 saturated heterocycles. The standard InChI is InChI=1S/C70H69BN2O2/c1-65(2,3)39-22-24-53-44(31-39)47-32-40(66(4,5)6)33-52-62(47)72(53)56-30-38-18-15-16-19-41(38)59-60-54(25-23-43-46-35-49-51(37-58(46)75-64(43)60)70(13,14)29-27-68(49,9)10)73(71(52)61(56)59)55-21-17-20-42-45-34-48-50(36-57(45)74-63(42)55)69(11,12)28-26-67(48,7)8/h15-25,30-37H,26-29H2,1-14H3. The molecule has 4 aliphatic rings. The number of para-hydroxylation sites is 1.